The maximum atomic E-state index is 11.4. The molecule has 21 heavy (non-hydrogen) atoms. The molecule has 0 aliphatic heterocycles. The molecule has 0 spiro atoms. The van der Waals surface area contributed by atoms with Crippen LogP contribution < -0.4 is 0 Å². The third kappa shape index (κ3) is 4.56. The maximum absolute atomic E-state index is 11.4. The minimum atomic E-state index is -0.311. The van der Waals surface area contributed by atoms with Crippen LogP contribution in [0, 0.1) is 0 Å². The van der Waals surface area contributed by atoms with E-state index in [1.54, 1.807) is 30.2 Å². The Morgan fingerprint density at radius 1 is 1.24 bits per heavy atom. The highest BCUT2D eigenvalue weighted by atomic mass is 32.2. The minimum absolute atomic E-state index is 0.311. The lowest BCUT2D eigenvalue weighted by molar-refractivity contribution is 0.0600. The monoisotopic (exact) mass is 302 g/mol. The highest BCUT2D eigenvalue weighted by Gasteiger charge is 2.05. The van der Waals surface area contributed by atoms with Crippen LogP contribution in [-0.4, -0.2) is 23.0 Å². The van der Waals surface area contributed by atoms with Crippen molar-refractivity contribution in [3.8, 4) is 0 Å². The van der Waals surface area contributed by atoms with Crippen molar-refractivity contribution in [3.63, 3.8) is 0 Å². The summed E-state index contributed by atoms with van der Waals surface area (Å²) in [5.41, 5.74) is 2.79. The second-order valence-corrected chi connectivity index (χ2v) is 5.57. The predicted molar refractivity (Wildman–Crippen MR) is 83.4 cm³/mol. The summed E-state index contributed by atoms with van der Waals surface area (Å²) in [5.74, 6) is 0.499. The van der Waals surface area contributed by atoms with E-state index in [0.29, 0.717) is 5.56 Å². The Hall–Kier alpha value is -1.88. The number of esters is 1. The summed E-state index contributed by atoms with van der Waals surface area (Å²) in [6.45, 7) is 2.14. The first kappa shape index (κ1) is 15.5. The highest BCUT2D eigenvalue weighted by molar-refractivity contribution is 7.98. The summed E-state index contributed by atoms with van der Waals surface area (Å²) in [5, 5.41) is 0.977. The van der Waals surface area contributed by atoms with Gasteiger partial charge in [0.15, 0.2) is 0 Å². The Balaban J connectivity index is 1.96. The summed E-state index contributed by atoms with van der Waals surface area (Å²) >= 11 is 1.67. The average Bonchev–Trinajstić information content (AvgIpc) is 2.53. The van der Waals surface area contributed by atoms with Crippen LogP contribution in [0.2, 0.25) is 0 Å². The Labute approximate surface area is 129 Å². The van der Waals surface area contributed by atoms with Crippen molar-refractivity contribution in [2.24, 2.45) is 0 Å². The van der Waals surface area contributed by atoms with Crippen LogP contribution in [0.3, 0.4) is 0 Å². The molecule has 2 rings (SSSR count). The van der Waals surface area contributed by atoms with Crippen molar-refractivity contribution in [1.29, 1.82) is 0 Å². The van der Waals surface area contributed by atoms with E-state index in [1.165, 1.54) is 7.11 Å². The van der Waals surface area contributed by atoms with E-state index in [0.717, 1.165) is 34.9 Å². The lowest BCUT2D eigenvalue weighted by Crippen LogP contribution is -2.00. The maximum Gasteiger partial charge on any atom is 0.337 e. The fraction of sp³-hybridized carbons (Fsp3) is 0.312. The third-order valence-corrected chi connectivity index (χ3v) is 3.96. The molecule has 0 radical (unpaired) electrons. The van der Waals surface area contributed by atoms with Gasteiger partial charge >= 0.3 is 5.97 Å². The van der Waals surface area contributed by atoms with Crippen LogP contribution in [0.5, 0.6) is 0 Å². The van der Waals surface area contributed by atoms with Crippen molar-refractivity contribution in [2.75, 3.05) is 7.11 Å². The van der Waals surface area contributed by atoms with Crippen molar-refractivity contribution in [3.05, 3.63) is 53.5 Å². The Morgan fingerprint density at radius 2 is 2.00 bits per heavy atom. The number of ether oxygens (including phenoxy) is 1. The summed E-state index contributed by atoms with van der Waals surface area (Å²) < 4.78 is 4.68. The van der Waals surface area contributed by atoms with Gasteiger partial charge in [-0.15, -0.1) is 11.8 Å². The van der Waals surface area contributed by atoms with Gasteiger partial charge in [0.2, 0.25) is 0 Å². The van der Waals surface area contributed by atoms with Gasteiger partial charge in [0.1, 0.15) is 6.33 Å². The summed E-state index contributed by atoms with van der Waals surface area (Å²) in [6.07, 6.45) is 3.67. The molecule has 0 saturated carbocycles. The van der Waals surface area contributed by atoms with Gasteiger partial charge in [-0.3, -0.25) is 0 Å². The molecule has 4 nitrogen and oxygen atoms in total. The van der Waals surface area contributed by atoms with Crippen LogP contribution >= 0.6 is 11.8 Å². The molecule has 1 heterocycles. The molecule has 0 fully saturated rings. The molecule has 0 unspecified atom stereocenters. The second-order valence-electron chi connectivity index (χ2n) is 4.57. The fourth-order valence-electron chi connectivity index (χ4n) is 1.86. The Kier molecular flexibility index (Phi) is 5.75. The number of thioether (sulfide) groups is 1. The van der Waals surface area contributed by atoms with E-state index in [2.05, 4.69) is 21.6 Å². The van der Waals surface area contributed by atoms with E-state index in [4.69, 9.17) is 0 Å². The van der Waals surface area contributed by atoms with Crippen LogP contribution in [0.15, 0.2) is 41.7 Å². The molecular formula is C16H18N2O2S. The smallest absolute Gasteiger partial charge is 0.337 e. The van der Waals surface area contributed by atoms with Crippen molar-refractivity contribution >= 4 is 17.7 Å². The Bertz CT molecular complexity index is 599. The number of benzene rings is 1. The number of hydrogen-bond donors (Lipinski definition) is 0. The number of methoxy groups -OCH3 is 1. The first-order valence-electron chi connectivity index (χ1n) is 6.84. The second kappa shape index (κ2) is 7.78. The van der Waals surface area contributed by atoms with E-state index < -0.39 is 0 Å². The van der Waals surface area contributed by atoms with Crippen LogP contribution in [0.25, 0.3) is 0 Å². The zero-order valence-electron chi connectivity index (χ0n) is 12.2. The molecule has 1 aromatic heterocycles. The van der Waals surface area contributed by atoms with Crippen LogP contribution in [-0.2, 0) is 16.9 Å². The fourth-order valence-corrected chi connectivity index (χ4v) is 2.71. The molecule has 0 aliphatic rings. The molecule has 0 atom stereocenters. The largest absolute Gasteiger partial charge is 0.465 e. The van der Waals surface area contributed by atoms with Crippen LogP contribution in [0.4, 0.5) is 0 Å². The van der Waals surface area contributed by atoms with Crippen LogP contribution in [0.1, 0.15) is 35.0 Å². The molecule has 0 bridgehead atoms. The minimum Gasteiger partial charge on any atom is -0.465 e. The Morgan fingerprint density at radius 3 is 2.67 bits per heavy atom. The van der Waals surface area contributed by atoms with E-state index >= 15 is 0 Å². The van der Waals surface area contributed by atoms with Crippen molar-refractivity contribution in [1.82, 2.24) is 9.97 Å². The predicted octanol–water partition coefficient (Wildman–Crippen LogP) is 3.51. The van der Waals surface area contributed by atoms with E-state index in [-0.39, 0.29) is 5.97 Å². The lowest BCUT2D eigenvalue weighted by Gasteiger charge is -2.04. The number of aromatic nitrogens is 2. The molecule has 5 heteroatoms. The van der Waals surface area contributed by atoms with Gasteiger partial charge in [-0.05, 0) is 30.2 Å². The molecule has 1 aromatic carbocycles. The topological polar surface area (TPSA) is 52.1 Å². The average molecular weight is 302 g/mol. The molecule has 0 aliphatic carbocycles. The quantitative estimate of drug-likeness (QED) is 0.464. The van der Waals surface area contributed by atoms with Gasteiger partial charge in [-0.25, -0.2) is 14.8 Å². The zero-order chi connectivity index (χ0) is 15.1. The van der Waals surface area contributed by atoms with Gasteiger partial charge in [0.25, 0.3) is 0 Å². The molecular weight excluding hydrogens is 284 g/mol. The van der Waals surface area contributed by atoms with Gasteiger partial charge in [-0.1, -0.05) is 25.5 Å². The first-order valence-corrected chi connectivity index (χ1v) is 7.82. The standard InChI is InChI=1S/C16H18N2O2S/c1-3-4-14-9-15(18-11-17-14)21-10-12-5-7-13(8-6-12)16(19)20-2/h5-9,11H,3-4,10H2,1-2H3. The summed E-state index contributed by atoms with van der Waals surface area (Å²) in [7, 11) is 1.38. The zero-order valence-corrected chi connectivity index (χ0v) is 13.0. The van der Waals surface area contributed by atoms with Crippen molar-refractivity contribution < 1.29 is 9.53 Å². The van der Waals surface area contributed by atoms with Gasteiger partial charge in [-0.2, -0.15) is 0 Å². The molecule has 0 N–H and O–H groups in total. The number of rotatable bonds is 6. The van der Waals surface area contributed by atoms with Gasteiger partial charge < -0.3 is 4.74 Å². The number of aryl methyl sites for hydroxylation is 1. The van der Waals surface area contributed by atoms with E-state index in [9.17, 15) is 4.79 Å². The number of carbonyl (C=O) groups excluding carboxylic acids is 1. The third-order valence-electron chi connectivity index (χ3n) is 2.97. The van der Waals surface area contributed by atoms with Gasteiger partial charge in [0.05, 0.1) is 17.7 Å². The summed E-state index contributed by atoms with van der Waals surface area (Å²) in [4.78, 5) is 19.9. The van der Waals surface area contributed by atoms with Gasteiger partial charge in [0, 0.05) is 11.4 Å². The lowest BCUT2D eigenvalue weighted by atomic mass is 10.1. The number of nitrogens with zero attached hydrogens (tertiary/aromatic N) is 2. The molecule has 110 valence electrons. The highest BCUT2D eigenvalue weighted by Crippen LogP contribution is 2.21. The molecule has 0 amide bonds. The number of carbonyl (C=O) groups is 1. The molecule has 0 saturated heterocycles. The first-order chi connectivity index (χ1) is 10.2. The normalized spacial score (nSPS) is 10.4. The SMILES string of the molecule is CCCc1cc(SCc2ccc(C(=O)OC)cc2)ncn1. The summed E-state index contributed by atoms with van der Waals surface area (Å²) in [6, 6.07) is 9.48. The van der Waals surface area contributed by atoms with E-state index in [1.807, 2.05) is 18.2 Å². The molecule has 2 aromatic rings. The van der Waals surface area contributed by atoms with Crippen molar-refractivity contribution in [2.45, 2.75) is 30.5 Å². The number of hydrogen-bond acceptors (Lipinski definition) is 5.